The summed E-state index contributed by atoms with van der Waals surface area (Å²) < 4.78 is 0. The van der Waals surface area contributed by atoms with Gasteiger partial charge in [0.15, 0.2) is 0 Å². The molecule has 0 fully saturated rings. The Balaban J connectivity index is 2.28. The van der Waals surface area contributed by atoms with Crippen molar-refractivity contribution in [1.29, 1.82) is 0 Å². The fourth-order valence-corrected chi connectivity index (χ4v) is 1.48. The molecule has 0 atom stereocenters. The number of nitrogens with zero attached hydrogens (tertiary/aromatic N) is 1. The number of aliphatic imine (C=N–C) groups is 1. The van der Waals surface area contributed by atoms with Crippen molar-refractivity contribution in [3.05, 3.63) is 47.5 Å². The minimum absolute atomic E-state index is 0.106. The van der Waals surface area contributed by atoms with Crippen molar-refractivity contribution in [2.24, 2.45) is 4.99 Å². The van der Waals surface area contributed by atoms with Crippen LogP contribution in [0.25, 0.3) is 0 Å². The second kappa shape index (κ2) is 4.79. The number of aromatic hydroxyl groups is 2. The molecule has 0 unspecified atom stereocenters. The van der Waals surface area contributed by atoms with Crippen LogP contribution in [0.4, 0.5) is 11.4 Å². The molecule has 92 valence electrons. The van der Waals surface area contributed by atoms with E-state index < -0.39 is 0 Å². The lowest BCUT2D eigenvalue weighted by Gasteiger charge is -2.03. The van der Waals surface area contributed by atoms with Crippen LogP contribution in [0.5, 0.6) is 11.5 Å². The van der Waals surface area contributed by atoms with E-state index in [1.807, 2.05) is 31.2 Å². The average Bonchev–Trinajstić information content (AvgIpc) is 2.34. The molecule has 0 saturated heterocycles. The van der Waals surface area contributed by atoms with Gasteiger partial charge in [-0.2, -0.15) is 0 Å². The van der Waals surface area contributed by atoms with Gasteiger partial charge in [0.2, 0.25) is 0 Å². The normalized spacial score (nSPS) is 10.9. The highest BCUT2D eigenvalue weighted by Crippen LogP contribution is 2.34. The standard InChI is InChI=1S/C14H14N2O2/c1-9-2-4-10(5-3-9)8-16-12-6-11(15)13(17)7-14(12)18/h2-8,17-18H,15H2,1H3/b16-8+. The molecule has 0 aliphatic rings. The van der Waals surface area contributed by atoms with Gasteiger partial charge in [0.25, 0.3) is 0 Å². The van der Waals surface area contributed by atoms with Crippen molar-refractivity contribution in [3.8, 4) is 11.5 Å². The molecule has 2 rings (SSSR count). The Morgan fingerprint density at radius 3 is 2.39 bits per heavy atom. The van der Waals surface area contributed by atoms with Crippen molar-refractivity contribution in [1.82, 2.24) is 0 Å². The summed E-state index contributed by atoms with van der Waals surface area (Å²) in [5.41, 5.74) is 8.15. The van der Waals surface area contributed by atoms with E-state index in [4.69, 9.17) is 5.73 Å². The lowest BCUT2D eigenvalue weighted by Crippen LogP contribution is -1.85. The molecule has 2 aromatic rings. The summed E-state index contributed by atoms with van der Waals surface area (Å²) in [6, 6.07) is 10.4. The zero-order valence-corrected chi connectivity index (χ0v) is 9.96. The Hall–Kier alpha value is -2.49. The molecule has 0 bridgehead atoms. The summed E-state index contributed by atoms with van der Waals surface area (Å²) in [5, 5.41) is 18.9. The molecule has 0 aliphatic heterocycles. The van der Waals surface area contributed by atoms with Crippen molar-refractivity contribution in [3.63, 3.8) is 0 Å². The van der Waals surface area contributed by atoms with Crippen molar-refractivity contribution in [2.45, 2.75) is 6.92 Å². The number of phenolic OH excluding ortho intramolecular Hbond substituents is 2. The summed E-state index contributed by atoms with van der Waals surface area (Å²) in [5.74, 6) is -0.258. The maximum atomic E-state index is 9.61. The number of hydrogen-bond acceptors (Lipinski definition) is 4. The smallest absolute Gasteiger partial charge is 0.145 e. The van der Waals surface area contributed by atoms with Gasteiger partial charge in [0.05, 0.1) is 5.69 Å². The van der Waals surface area contributed by atoms with Gasteiger partial charge in [-0.25, -0.2) is 0 Å². The first kappa shape index (κ1) is 12.0. The van der Waals surface area contributed by atoms with Crippen LogP contribution in [0.1, 0.15) is 11.1 Å². The molecule has 0 heterocycles. The summed E-state index contributed by atoms with van der Waals surface area (Å²) in [4.78, 5) is 4.14. The van der Waals surface area contributed by atoms with Crippen LogP contribution < -0.4 is 5.73 Å². The van der Waals surface area contributed by atoms with Crippen LogP contribution >= 0.6 is 0 Å². The molecule has 4 N–H and O–H groups in total. The predicted molar refractivity (Wildman–Crippen MR) is 72.6 cm³/mol. The number of anilines is 1. The number of phenols is 2. The largest absolute Gasteiger partial charge is 0.506 e. The van der Waals surface area contributed by atoms with Gasteiger partial charge >= 0.3 is 0 Å². The molecular weight excluding hydrogens is 228 g/mol. The van der Waals surface area contributed by atoms with Gasteiger partial charge in [0.1, 0.15) is 17.2 Å². The first-order valence-corrected chi connectivity index (χ1v) is 5.48. The third-order valence-electron chi connectivity index (χ3n) is 2.55. The monoisotopic (exact) mass is 242 g/mol. The van der Waals surface area contributed by atoms with E-state index >= 15 is 0 Å². The number of aryl methyl sites for hydroxylation is 1. The lowest BCUT2D eigenvalue weighted by molar-refractivity contribution is 0.453. The van der Waals surface area contributed by atoms with Gasteiger partial charge in [0, 0.05) is 12.3 Å². The van der Waals surface area contributed by atoms with Crippen LogP contribution in [0.2, 0.25) is 0 Å². The number of hydrogen-bond donors (Lipinski definition) is 3. The molecule has 0 radical (unpaired) electrons. The van der Waals surface area contributed by atoms with E-state index in [0.717, 1.165) is 5.56 Å². The third kappa shape index (κ3) is 2.60. The van der Waals surface area contributed by atoms with Crippen LogP contribution in [-0.4, -0.2) is 16.4 Å². The molecule has 0 saturated carbocycles. The zero-order chi connectivity index (χ0) is 13.1. The molecule has 4 heteroatoms. The summed E-state index contributed by atoms with van der Waals surface area (Å²) in [6.45, 7) is 2.01. The molecule has 2 aromatic carbocycles. The van der Waals surface area contributed by atoms with Gasteiger partial charge in [-0.15, -0.1) is 0 Å². The summed E-state index contributed by atoms with van der Waals surface area (Å²) >= 11 is 0. The molecule has 0 spiro atoms. The fraction of sp³-hybridized carbons (Fsp3) is 0.0714. The van der Waals surface area contributed by atoms with Crippen molar-refractivity contribution in [2.75, 3.05) is 5.73 Å². The fourth-order valence-electron chi connectivity index (χ4n) is 1.48. The Labute approximate surface area is 105 Å². The maximum Gasteiger partial charge on any atom is 0.145 e. The number of benzene rings is 2. The highest BCUT2D eigenvalue weighted by Gasteiger charge is 2.04. The van der Waals surface area contributed by atoms with E-state index in [2.05, 4.69) is 4.99 Å². The average molecular weight is 242 g/mol. The molecule has 0 amide bonds. The van der Waals surface area contributed by atoms with Gasteiger partial charge < -0.3 is 15.9 Å². The minimum atomic E-state index is -0.151. The highest BCUT2D eigenvalue weighted by atomic mass is 16.3. The molecule has 18 heavy (non-hydrogen) atoms. The SMILES string of the molecule is Cc1ccc(/C=N/c2cc(N)c(O)cc2O)cc1. The van der Waals surface area contributed by atoms with E-state index in [1.165, 1.54) is 17.7 Å². The van der Waals surface area contributed by atoms with E-state index in [0.29, 0.717) is 5.69 Å². The summed E-state index contributed by atoms with van der Waals surface area (Å²) in [6.07, 6.45) is 1.63. The topological polar surface area (TPSA) is 78.8 Å². The minimum Gasteiger partial charge on any atom is -0.506 e. The first-order chi connectivity index (χ1) is 8.56. The Bertz CT molecular complexity index is 589. The number of nitrogens with two attached hydrogens (primary N) is 1. The number of nitrogen functional groups attached to an aromatic ring is 1. The first-order valence-electron chi connectivity index (χ1n) is 5.48. The second-order valence-electron chi connectivity index (χ2n) is 4.07. The molecule has 0 aromatic heterocycles. The quantitative estimate of drug-likeness (QED) is 0.328. The van der Waals surface area contributed by atoms with Crippen LogP contribution in [0, 0.1) is 6.92 Å². The summed E-state index contributed by atoms with van der Waals surface area (Å²) in [7, 11) is 0. The number of rotatable bonds is 2. The molecule has 0 aliphatic carbocycles. The van der Waals surface area contributed by atoms with E-state index in [9.17, 15) is 10.2 Å². The molecule has 4 nitrogen and oxygen atoms in total. The van der Waals surface area contributed by atoms with E-state index in [-0.39, 0.29) is 17.2 Å². The second-order valence-corrected chi connectivity index (χ2v) is 4.07. The van der Waals surface area contributed by atoms with E-state index in [1.54, 1.807) is 6.21 Å². The van der Waals surface area contributed by atoms with Crippen molar-refractivity contribution < 1.29 is 10.2 Å². The maximum absolute atomic E-state index is 9.61. The van der Waals surface area contributed by atoms with Crippen molar-refractivity contribution >= 4 is 17.6 Å². The Morgan fingerprint density at radius 1 is 1.06 bits per heavy atom. The molecular formula is C14H14N2O2. The predicted octanol–water partition coefficient (Wildman–Crippen LogP) is 2.74. The van der Waals surface area contributed by atoms with Crippen LogP contribution in [-0.2, 0) is 0 Å². The zero-order valence-electron chi connectivity index (χ0n) is 9.96. The lowest BCUT2D eigenvalue weighted by atomic mass is 10.2. The van der Waals surface area contributed by atoms with Crippen LogP contribution in [0.3, 0.4) is 0 Å². The highest BCUT2D eigenvalue weighted by molar-refractivity contribution is 5.83. The van der Waals surface area contributed by atoms with Gasteiger partial charge in [-0.1, -0.05) is 29.8 Å². The van der Waals surface area contributed by atoms with Gasteiger partial charge in [-0.05, 0) is 18.6 Å². The third-order valence-corrected chi connectivity index (χ3v) is 2.55. The Morgan fingerprint density at radius 2 is 1.72 bits per heavy atom. The Kier molecular flexibility index (Phi) is 3.19. The van der Waals surface area contributed by atoms with Crippen LogP contribution in [0.15, 0.2) is 41.4 Å². The van der Waals surface area contributed by atoms with Gasteiger partial charge in [-0.3, -0.25) is 4.99 Å².